The number of allylic oxidation sites excluding steroid dienone is 1. The van der Waals surface area contributed by atoms with E-state index in [1.54, 1.807) is 31.4 Å². The van der Waals surface area contributed by atoms with E-state index in [-0.39, 0.29) is 5.78 Å². The Morgan fingerprint density at radius 2 is 1.88 bits per heavy atom. The zero-order valence-corrected chi connectivity index (χ0v) is 13.7. The van der Waals surface area contributed by atoms with Crippen molar-refractivity contribution < 1.29 is 19.0 Å². The van der Waals surface area contributed by atoms with Gasteiger partial charge in [-0.2, -0.15) is 0 Å². The fraction of sp³-hybridized carbons (Fsp3) is 0.150. The number of benzene rings is 2. The molecule has 0 fully saturated rings. The summed E-state index contributed by atoms with van der Waals surface area (Å²) in [6, 6.07) is 12.6. The van der Waals surface area contributed by atoms with Crippen molar-refractivity contribution in [1.29, 1.82) is 0 Å². The lowest BCUT2D eigenvalue weighted by Crippen LogP contribution is -1.98. The summed E-state index contributed by atoms with van der Waals surface area (Å²) in [7, 11) is 1.61. The van der Waals surface area contributed by atoms with E-state index in [1.165, 1.54) is 0 Å². The van der Waals surface area contributed by atoms with E-state index in [1.807, 2.05) is 31.2 Å². The van der Waals surface area contributed by atoms with Crippen molar-refractivity contribution in [3.63, 3.8) is 0 Å². The maximum absolute atomic E-state index is 12.4. The summed E-state index contributed by atoms with van der Waals surface area (Å²) in [4.78, 5) is 12.4. The molecule has 0 aliphatic carbocycles. The van der Waals surface area contributed by atoms with E-state index in [2.05, 4.69) is 6.58 Å². The lowest BCUT2D eigenvalue weighted by atomic mass is 10.1. The molecule has 2 aromatic rings. The van der Waals surface area contributed by atoms with Crippen molar-refractivity contribution in [2.75, 3.05) is 13.7 Å². The highest BCUT2D eigenvalue weighted by Crippen LogP contribution is 2.35. The minimum atomic E-state index is -0.132. The molecule has 1 aliphatic rings. The molecular formula is C20H18O4. The van der Waals surface area contributed by atoms with E-state index in [4.69, 9.17) is 14.2 Å². The van der Waals surface area contributed by atoms with Crippen LogP contribution >= 0.6 is 0 Å². The molecule has 24 heavy (non-hydrogen) atoms. The summed E-state index contributed by atoms with van der Waals surface area (Å²) in [5.41, 5.74) is 2.33. The third-order valence-corrected chi connectivity index (χ3v) is 3.54. The van der Waals surface area contributed by atoms with Gasteiger partial charge < -0.3 is 14.2 Å². The summed E-state index contributed by atoms with van der Waals surface area (Å²) in [5.74, 6) is 2.09. The molecule has 0 bridgehead atoms. The molecular weight excluding hydrogens is 304 g/mol. The molecule has 1 heterocycles. The Balaban J connectivity index is 1.81. The van der Waals surface area contributed by atoms with Crippen LogP contribution in [0.4, 0.5) is 0 Å². The van der Waals surface area contributed by atoms with Crippen LogP contribution < -0.4 is 14.2 Å². The highest BCUT2D eigenvalue weighted by Gasteiger charge is 2.27. The van der Waals surface area contributed by atoms with Gasteiger partial charge in [0.1, 0.15) is 23.9 Å². The topological polar surface area (TPSA) is 44.8 Å². The average Bonchev–Trinajstić information content (AvgIpc) is 2.89. The van der Waals surface area contributed by atoms with Gasteiger partial charge in [0, 0.05) is 6.07 Å². The largest absolute Gasteiger partial charge is 0.497 e. The van der Waals surface area contributed by atoms with Crippen LogP contribution in [0.2, 0.25) is 0 Å². The maximum Gasteiger partial charge on any atom is 0.231 e. The first kappa shape index (κ1) is 15.9. The van der Waals surface area contributed by atoms with Crippen LogP contribution in [0.15, 0.2) is 60.4 Å². The van der Waals surface area contributed by atoms with E-state index in [0.29, 0.717) is 29.4 Å². The second kappa shape index (κ2) is 6.62. The van der Waals surface area contributed by atoms with Crippen LogP contribution in [0.25, 0.3) is 6.08 Å². The number of carbonyl (C=O) groups excluding carboxylic acids is 1. The molecule has 0 unspecified atom stereocenters. The van der Waals surface area contributed by atoms with Gasteiger partial charge in [-0.05, 0) is 48.4 Å². The number of Topliss-reactive ketones (excluding diaryl/α,β-unsaturated/α-hetero) is 1. The first-order chi connectivity index (χ1) is 11.6. The van der Waals surface area contributed by atoms with Crippen LogP contribution in [0, 0.1) is 0 Å². The Hall–Kier alpha value is -3.01. The van der Waals surface area contributed by atoms with Crippen LogP contribution in [0.3, 0.4) is 0 Å². The molecule has 1 aliphatic heterocycles. The molecule has 4 nitrogen and oxygen atoms in total. The van der Waals surface area contributed by atoms with E-state index in [9.17, 15) is 4.79 Å². The molecule has 2 aromatic carbocycles. The van der Waals surface area contributed by atoms with Gasteiger partial charge >= 0.3 is 0 Å². The van der Waals surface area contributed by atoms with Gasteiger partial charge in [-0.3, -0.25) is 4.79 Å². The number of methoxy groups -OCH3 is 1. The highest BCUT2D eigenvalue weighted by atomic mass is 16.5. The quantitative estimate of drug-likeness (QED) is 0.609. The molecule has 0 atom stereocenters. The lowest BCUT2D eigenvalue weighted by Gasteiger charge is -2.06. The van der Waals surface area contributed by atoms with Crippen molar-refractivity contribution in [2.24, 2.45) is 0 Å². The predicted molar refractivity (Wildman–Crippen MR) is 92.7 cm³/mol. The predicted octanol–water partition coefficient (Wildman–Crippen LogP) is 4.27. The molecule has 0 N–H and O–H groups in total. The van der Waals surface area contributed by atoms with E-state index in [0.717, 1.165) is 16.9 Å². The van der Waals surface area contributed by atoms with Gasteiger partial charge in [0.05, 0.1) is 12.7 Å². The summed E-state index contributed by atoms with van der Waals surface area (Å²) in [6.45, 7) is 6.12. The first-order valence-corrected chi connectivity index (χ1v) is 7.56. The number of fused-ring (bicyclic) bond motifs is 1. The molecule has 3 rings (SSSR count). The molecule has 122 valence electrons. The zero-order chi connectivity index (χ0) is 17.1. The van der Waals surface area contributed by atoms with Crippen LogP contribution in [0.5, 0.6) is 17.2 Å². The second-order valence-corrected chi connectivity index (χ2v) is 5.62. The summed E-state index contributed by atoms with van der Waals surface area (Å²) >= 11 is 0. The third-order valence-electron chi connectivity index (χ3n) is 3.54. The average molecular weight is 322 g/mol. The Labute approximate surface area is 141 Å². The van der Waals surface area contributed by atoms with Gasteiger partial charge in [0.15, 0.2) is 5.76 Å². The summed E-state index contributed by atoms with van der Waals surface area (Å²) in [6.07, 6.45) is 1.72. The number of ketones is 1. The zero-order valence-electron chi connectivity index (χ0n) is 13.7. The minimum Gasteiger partial charge on any atom is -0.497 e. The molecule has 0 radical (unpaired) electrons. The molecule has 4 heteroatoms. The molecule has 0 amide bonds. The Morgan fingerprint density at radius 3 is 2.54 bits per heavy atom. The van der Waals surface area contributed by atoms with Crippen molar-refractivity contribution in [2.45, 2.75) is 6.92 Å². The monoisotopic (exact) mass is 322 g/mol. The van der Waals surface area contributed by atoms with Crippen molar-refractivity contribution in [3.8, 4) is 17.2 Å². The third kappa shape index (κ3) is 3.33. The fourth-order valence-electron chi connectivity index (χ4n) is 2.32. The van der Waals surface area contributed by atoms with Gasteiger partial charge in [0.2, 0.25) is 5.78 Å². The summed E-state index contributed by atoms with van der Waals surface area (Å²) < 4.78 is 16.4. The fourth-order valence-corrected chi connectivity index (χ4v) is 2.32. The maximum atomic E-state index is 12.4. The van der Waals surface area contributed by atoms with E-state index >= 15 is 0 Å². The Morgan fingerprint density at radius 1 is 1.17 bits per heavy atom. The number of carbonyl (C=O) groups is 1. The minimum absolute atomic E-state index is 0.132. The summed E-state index contributed by atoms with van der Waals surface area (Å²) in [5, 5.41) is 0. The van der Waals surface area contributed by atoms with Crippen molar-refractivity contribution >= 4 is 11.9 Å². The standard InChI is InChI=1S/C20H18O4/c1-13(2)12-23-16-8-9-17-18(11-16)24-19(20(17)21)10-14-4-6-15(22-3)7-5-14/h4-11H,1,12H2,2-3H3/b19-10-. The Kier molecular flexibility index (Phi) is 4.38. The second-order valence-electron chi connectivity index (χ2n) is 5.62. The number of hydrogen-bond donors (Lipinski definition) is 0. The van der Waals surface area contributed by atoms with E-state index < -0.39 is 0 Å². The van der Waals surface area contributed by atoms with Crippen LogP contribution in [-0.2, 0) is 0 Å². The van der Waals surface area contributed by atoms with Gasteiger partial charge in [-0.1, -0.05) is 18.7 Å². The van der Waals surface area contributed by atoms with Gasteiger partial charge in [0.25, 0.3) is 0 Å². The van der Waals surface area contributed by atoms with Crippen molar-refractivity contribution in [3.05, 3.63) is 71.5 Å². The SMILES string of the molecule is C=C(C)COc1ccc2c(c1)O/C(=C\c1ccc(OC)cc1)C2=O. The number of rotatable bonds is 5. The highest BCUT2D eigenvalue weighted by molar-refractivity contribution is 6.14. The normalized spacial score (nSPS) is 14.2. The first-order valence-electron chi connectivity index (χ1n) is 7.56. The van der Waals surface area contributed by atoms with Crippen molar-refractivity contribution in [1.82, 2.24) is 0 Å². The van der Waals surface area contributed by atoms with Crippen LogP contribution in [0.1, 0.15) is 22.8 Å². The van der Waals surface area contributed by atoms with Gasteiger partial charge in [-0.25, -0.2) is 0 Å². The molecule has 0 saturated heterocycles. The molecule has 0 saturated carbocycles. The number of hydrogen-bond acceptors (Lipinski definition) is 4. The lowest BCUT2D eigenvalue weighted by molar-refractivity contribution is 0.101. The van der Waals surface area contributed by atoms with Gasteiger partial charge in [-0.15, -0.1) is 0 Å². The molecule has 0 spiro atoms. The smallest absolute Gasteiger partial charge is 0.231 e. The van der Waals surface area contributed by atoms with Crippen LogP contribution in [-0.4, -0.2) is 19.5 Å². The Bertz CT molecular complexity index is 816. The number of ether oxygens (including phenoxy) is 3. The molecule has 0 aromatic heterocycles.